The number of aryl methyl sites for hydroxylation is 1. The fourth-order valence-corrected chi connectivity index (χ4v) is 4.22. The molecular weight excluding hydrogens is 471 g/mol. The molecule has 1 amide bonds. The number of aromatic nitrogens is 2. The SMILES string of the molecule is Cc1ccc(C(=O)N2CCc3nc(N[C@@H](C)c4ccc(C(F)(F)F)cc4)n(N(C)C)c(=O)c3C2)cc1. The van der Waals surface area contributed by atoms with Crippen molar-refractivity contribution in [1.29, 1.82) is 0 Å². The van der Waals surface area contributed by atoms with Crippen molar-refractivity contribution in [2.75, 3.05) is 31.0 Å². The Hall–Kier alpha value is -3.82. The zero-order chi connectivity index (χ0) is 26.2. The number of anilines is 1. The number of carbonyl (C=O) groups excluding carboxylic acids is 1. The van der Waals surface area contributed by atoms with E-state index in [4.69, 9.17) is 0 Å². The van der Waals surface area contributed by atoms with Gasteiger partial charge in [-0.1, -0.05) is 29.8 Å². The Morgan fingerprint density at radius 1 is 1.08 bits per heavy atom. The number of carbonyl (C=O) groups is 1. The first-order chi connectivity index (χ1) is 17.0. The maximum atomic E-state index is 13.5. The lowest BCUT2D eigenvalue weighted by atomic mass is 10.0. The minimum absolute atomic E-state index is 0.144. The number of nitrogens with zero attached hydrogens (tertiary/aromatic N) is 4. The summed E-state index contributed by atoms with van der Waals surface area (Å²) in [6.45, 7) is 4.31. The lowest BCUT2D eigenvalue weighted by molar-refractivity contribution is -0.137. The molecule has 1 atom stereocenters. The van der Waals surface area contributed by atoms with Gasteiger partial charge in [-0.05, 0) is 43.7 Å². The summed E-state index contributed by atoms with van der Waals surface area (Å²) in [4.78, 5) is 32.8. The summed E-state index contributed by atoms with van der Waals surface area (Å²) in [5.74, 6) is 0.143. The van der Waals surface area contributed by atoms with E-state index in [1.54, 1.807) is 43.1 Å². The van der Waals surface area contributed by atoms with Crippen molar-refractivity contribution in [2.45, 2.75) is 39.0 Å². The third kappa shape index (κ3) is 5.07. The highest BCUT2D eigenvalue weighted by atomic mass is 19.4. The zero-order valence-electron chi connectivity index (χ0n) is 20.6. The van der Waals surface area contributed by atoms with Crippen molar-refractivity contribution in [3.8, 4) is 0 Å². The van der Waals surface area contributed by atoms with Gasteiger partial charge in [-0.3, -0.25) is 9.59 Å². The Balaban J connectivity index is 1.61. The summed E-state index contributed by atoms with van der Waals surface area (Å²) < 4.78 is 40.1. The Kier molecular flexibility index (Phi) is 6.79. The van der Waals surface area contributed by atoms with Gasteiger partial charge >= 0.3 is 6.18 Å². The molecule has 1 aliphatic rings. The summed E-state index contributed by atoms with van der Waals surface area (Å²) in [6, 6.07) is 11.8. The molecule has 1 aromatic heterocycles. The van der Waals surface area contributed by atoms with Crippen molar-refractivity contribution in [2.24, 2.45) is 0 Å². The highest BCUT2D eigenvalue weighted by Crippen LogP contribution is 2.30. The zero-order valence-corrected chi connectivity index (χ0v) is 20.6. The first-order valence-corrected chi connectivity index (χ1v) is 11.6. The van der Waals surface area contributed by atoms with Gasteiger partial charge in [-0.15, -0.1) is 0 Å². The van der Waals surface area contributed by atoms with Crippen LogP contribution in [0, 0.1) is 6.92 Å². The van der Waals surface area contributed by atoms with E-state index in [1.165, 1.54) is 16.8 Å². The summed E-state index contributed by atoms with van der Waals surface area (Å²) in [7, 11) is 3.39. The second-order valence-electron chi connectivity index (χ2n) is 9.15. The molecule has 0 radical (unpaired) electrons. The van der Waals surface area contributed by atoms with Gasteiger partial charge in [0.2, 0.25) is 5.95 Å². The molecule has 10 heteroatoms. The molecule has 36 heavy (non-hydrogen) atoms. The summed E-state index contributed by atoms with van der Waals surface area (Å²) >= 11 is 0. The van der Waals surface area contributed by atoms with Crippen LogP contribution in [0.4, 0.5) is 19.1 Å². The third-order valence-corrected chi connectivity index (χ3v) is 6.28. The number of alkyl halides is 3. The van der Waals surface area contributed by atoms with Crippen LogP contribution in [-0.4, -0.2) is 41.1 Å². The Bertz CT molecular complexity index is 1320. The predicted octanol–water partition coefficient (Wildman–Crippen LogP) is 4.14. The van der Waals surface area contributed by atoms with Crippen LogP contribution in [0.5, 0.6) is 0 Å². The van der Waals surface area contributed by atoms with Gasteiger partial charge in [0.05, 0.1) is 29.4 Å². The molecule has 7 nitrogen and oxygen atoms in total. The van der Waals surface area contributed by atoms with E-state index in [0.29, 0.717) is 35.3 Å². The van der Waals surface area contributed by atoms with Crippen LogP contribution in [0.15, 0.2) is 53.3 Å². The number of hydrogen-bond acceptors (Lipinski definition) is 5. The summed E-state index contributed by atoms with van der Waals surface area (Å²) in [5.41, 5.74) is 2.27. The highest BCUT2D eigenvalue weighted by molar-refractivity contribution is 5.94. The molecule has 0 aliphatic carbocycles. The Morgan fingerprint density at radius 3 is 2.31 bits per heavy atom. The van der Waals surface area contributed by atoms with E-state index in [1.807, 2.05) is 19.1 Å². The van der Waals surface area contributed by atoms with Crippen molar-refractivity contribution in [3.05, 3.63) is 92.4 Å². The molecule has 0 saturated carbocycles. The molecule has 1 N–H and O–H groups in total. The van der Waals surface area contributed by atoms with Gasteiger partial charge in [0.15, 0.2) is 0 Å². The van der Waals surface area contributed by atoms with Crippen molar-refractivity contribution in [1.82, 2.24) is 14.6 Å². The minimum Gasteiger partial charge on any atom is -0.348 e. The van der Waals surface area contributed by atoms with Gasteiger partial charge in [0.25, 0.3) is 11.5 Å². The van der Waals surface area contributed by atoms with E-state index in [-0.39, 0.29) is 24.0 Å². The molecule has 2 heterocycles. The number of benzene rings is 2. The van der Waals surface area contributed by atoms with Crippen LogP contribution >= 0.6 is 0 Å². The topological polar surface area (TPSA) is 70.5 Å². The normalized spacial score (nSPS) is 14.2. The van der Waals surface area contributed by atoms with E-state index in [0.717, 1.165) is 17.7 Å². The first kappa shape index (κ1) is 25.3. The minimum atomic E-state index is -4.41. The second-order valence-corrected chi connectivity index (χ2v) is 9.15. The lowest BCUT2D eigenvalue weighted by Crippen LogP contribution is -2.45. The maximum absolute atomic E-state index is 13.5. The standard InChI is InChI=1S/C26H28F3N5O2/c1-16-5-7-19(8-6-16)23(35)33-14-13-22-21(15-33)24(36)34(32(3)4)25(31-22)30-17(2)18-9-11-20(12-10-18)26(27,28)29/h5-12,17H,13-15H2,1-4H3,(H,30,31)/t17-/m0/s1. The number of fused-ring (bicyclic) bond motifs is 1. The van der Waals surface area contributed by atoms with Crippen molar-refractivity contribution < 1.29 is 18.0 Å². The molecule has 4 rings (SSSR count). The van der Waals surface area contributed by atoms with Gasteiger partial charge in [-0.25, -0.2) is 4.98 Å². The van der Waals surface area contributed by atoms with Crippen LogP contribution in [0.1, 0.15) is 51.3 Å². The first-order valence-electron chi connectivity index (χ1n) is 11.6. The van der Waals surface area contributed by atoms with Gasteiger partial charge in [0, 0.05) is 32.6 Å². The van der Waals surface area contributed by atoms with Crippen molar-refractivity contribution >= 4 is 11.9 Å². The predicted molar refractivity (Wildman–Crippen MR) is 132 cm³/mol. The third-order valence-electron chi connectivity index (χ3n) is 6.28. The highest BCUT2D eigenvalue weighted by Gasteiger charge is 2.31. The molecule has 0 spiro atoms. The molecule has 3 aromatic rings. The van der Waals surface area contributed by atoms with Crippen LogP contribution in [0.2, 0.25) is 0 Å². The number of amides is 1. The van der Waals surface area contributed by atoms with E-state index >= 15 is 0 Å². The van der Waals surface area contributed by atoms with Gasteiger partial charge < -0.3 is 15.2 Å². The fourth-order valence-electron chi connectivity index (χ4n) is 4.22. The quantitative estimate of drug-likeness (QED) is 0.572. The van der Waals surface area contributed by atoms with E-state index in [2.05, 4.69) is 10.3 Å². The molecule has 1 aliphatic heterocycles. The van der Waals surface area contributed by atoms with Gasteiger partial charge in [0.1, 0.15) is 0 Å². The average Bonchev–Trinajstić information content (AvgIpc) is 2.83. The van der Waals surface area contributed by atoms with Crippen LogP contribution in [0.3, 0.4) is 0 Å². The number of rotatable bonds is 5. The Morgan fingerprint density at radius 2 is 1.72 bits per heavy atom. The largest absolute Gasteiger partial charge is 0.416 e. The molecule has 2 aromatic carbocycles. The lowest BCUT2D eigenvalue weighted by Gasteiger charge is -2.31. The molecule has 0 fully saturated rings. The van der Waals surface area contributed by atoms with E-state index < -0.39 is 17.8 Å². The Labute approximate surface area is 207 Å². The average molecular weight is 500 g/mol. The summed E-state index contributed by atoms with van der Waals surface area (Å²) in [5, 5.41) is 4.75. The molecule has 190 valence electrons. The van der Waals surface area contributed by atoms with Crippen LogP contribution < -0.4 is 15.9 Å². The maximum Gasteiger partial charge on any atom is 0.416 e. The second kappa shape index (κ2) is 9.67. The van der Waals surface area contributed by atoms with Gasteiger partial charge in [-0.2, -0.15) is 17.8 Å². The number of nitrogens with one attached hydrogen (secondary N) is 1. The van der Waals surface area contributed by atoms with E-state index in [9.17, 15) is 22.8 Å². The smallest absolute Gasteiger partial charge is 0.348 e. The molecular formula is C26H28F3N5O2. The molecule has 0 unspecified atom stereocenters. The van der Waals surface area contributed by atoms with Crippen LogP contribution in [0.25, 0.3) is 0 Å². The van der Waals surface area contributed by atoms with Crippen LogP contribution in [-0.2, 0) is 19.1 Å². The van der Waals surface area contributed by atoms with Crippen molar-refractivity contribution in [3.63, 3.8) is 0 Å². The monoisotopic (exact) mass is 499 g/mol. The molecule has 0 bridgehead atoms. The number of hydrogen-bond donors (Lipinski definition) is 1. The fraction of sp³-hybridized carbons (Fsp3) is 0.346. The molecule has 0 saturated heterocycles. The summed E-state index contributed by atoms with van der Waals surface area (Å²) in [6.07, 6.45) is -3.99. The number of halogens is 3.